The minimum absolute atomic E-state index is 0.00165. The first kappa shape index (κ1) is 22.5. The van der Waals surface area contributed by atoms with Crippen LogP contribution in [0.5, 0.6) is 0 Å². The molecule has 152 valence electrons. The molecular weight excluding hydrogens is 376 g/mol. The maximum Gasteiger partial charge on any atom is 0.312 e. The predicted molar refractivity (Wildman–Crippen MR) is 110 cm³/mol. The molecule has 4 nitrogen and oxygen atoms in total. The third kappa shape index (κ3) is 5.37. The summed E-state index contributed by atoms with van der Waals surface area (Å²) in [5.41, 5.74) is 1.83. The first-order chi connectivity index (χ1) is 13.3. The van der Waals surface area contributed by atoms with Crippen LogP contribution in [-0.4, -0.2) is 32.1 Å². The van der Waals surface area contributed by atoms with Crippen molar-refractivity contribution in [3.63, 3.8) is 0 Å². The lowest BCUT2D eigenvalue weighted by Gasteiger charge is -2.26. The lowest BCUT2D eigenvalue weighted by atomic mass is 9.79. The molecule has 0 spiro atoms. The van der Waals surface area contributed by atoms with Crippen molar-refractivity contribution in [3.8, 4) is 11.8 Å². The van der Waals surface area contributed by atoms with Gasteiger partial charge in [-0.3, -0.25) is 9.59 Å². The van der Waals surface area contributed by atoms with Gasteiger partial charge < -0.3 is 9.47 Å². The molecule has 0 bridgehead atoms. The zero-order valence-corrected chi connectivity index (χ0v) is 17.9. The molecule has 1 saturated carbocycles. The lowest BCUT2D eigenvalue weighted by molar-refractivity contribution is -0.155. The van der Waals surface area contributed by atoms with Gasteiger partial charge in [0.05, 0.1) is 12.5 Å². The van der Waals surface area contributed by atoms with Crippen LogP contribution in [0.25, 0.3) is 0 Å². The molecule has 2 unspecified atom stereocenters. The zero-order valence-electron chi connectivity index (χ0n) is 17.2. The summed E-state index contributed by atoms with van der Waals surface area (Å²) in [5, 5.41) is 0.541. The largest absolute Gasteiger partial charge is 0.469 e. The SMILES string of the molecule is CC#Cc1cc(C)c(CC(=O)CC2(C(=O)OC)CCC(COCC)C2)c(Cl)c1. The van der Waals surface area contributed by atoms with Crippen molar-refractivity contribution in [2.45, 2.75) is 52.9 Å². The zero-order chi connectivity index (χ0) is 20.7. The number of methoxy groups -OCH3 is 1. The molecule has 1 aliphatic rings. The van der Waals surface area contributed by atoms with E-state index in [0.717, 1.165) is 23.1 Å². The molecule has 28 heavy (non-hydrogen) atoms. The van der Waals surface area contributed by atoms with Crippen LogP contribution >= 0.6 is 11.6 Å². The molecule has 0 amide bonds. The molecule has 2 rings (SSSR count). The van der Waals surface area contributed by atoms with E-state index in [-0.39, 0.29) is 30.5 Å². The number of Topliss-reactive ketones (excluding diaryl/α,β-unsaturated/α-hetero) is 1. The number of hydrogen-bond donors (Lipinski definition) is 0. The topological polar surface area (TPSA) is 52.6 Å². The van der Waals surface area contributed by atoms with E-state index >= 15 is 0 Å². The fourth-order valence-corrected chi connectivity index (χ4v) is 4.48. The van der Waals surface area contributed by atoms with Gasteiger partial charge in [-0.2, -0.15) is 0 Å². The van der Waals surface area contributed by atoms with Crippen LogP contribution in [0.1, 0.15) is 56.2 Å². The number of esters is 1. The van der Waals surface area contributed by atoms with Crippen molar-refractivity contribution in [3.05, 3.63) is 33.8 Å². The number of ketones is 1. The minimum atomic E-state index is -0.748. The Hall–Kier alpha value is -1.83. The van der Waals surface area contributed by atoms with Crippen LogP contribution in [-0.2, 0) is 25.5 Å². The smallest absolute Gasteiger partial charge is 0.312 e. The second kappa shape index (κ2) is 10.1. The molecule has 0 radical (unpaired) electrons. The summed E-state index contributed by atoms with van der Waals surface area (Å²) >= 11 is 6.41. The average Bonchev–Trinajstić information content (AvgIpc) is 3.06. The van der Waals surface area contributed by atoms with E-state index in [9.17, 15) is 9.59 Å². The Morgan fingerprint density at radius 2 is 2.11 bits per heavy atom. The maximum absolute atomic E-state index is 12.9. The molecule has 0 N–H and O–H groups in total. The van der Waals surface area contributed by atoms with E-state index < -0.39 is 5.41 Å². The maximum atomic E-state index is 12.9. The van der Waals surface area contributed by atoms with Crippen LogP contribution in [0.4, 0.5) is 0 Å². The second-order valence-electron chi connectivity index (χ2n) is 7.56. The van der Waals surface area contributed by atoms with E-state index in [1.54, 1.807) is 13.0 Å². The van der Waals surface area contributed by atoms with Crippen LogP contribution in [0.3, 0.4) is 0 Å². The molecule has 1 aliphatic carbocycles. The van der Waals surface area contributed by atoms with E-state index in [1.807, 2.05) is 19.9 Å². The first-order valence-electron chi connectivity index (χ1n) is 9.74. The van der Waals surface area contributed by atoms with Crippen LogP contribution in [0.2, 0.25) is 5.02 Å². The van der Waals surface area contributed by atoms with Crippen molar-refractivity contribution in [1.82, 2.24) is 0 Å². The summed E-state index contributed by atoms with van der Waals surface area (Å²) in [7, 11) is 1.39. The van der Waals surface area contributed by atoms with Crippen molar-refractivity contribution in [2.75, 3.05) is 20.3 Å². The van der Waals surface area contributed by atoms with Crippen LogP contribution in [0.15, 0.2) is 12.1 Å². The highest BCUT2D eigenvalue weighted by Crippen LogP contribution is 2.46. The highest BCUT2D eigenvalue weighted by atomic mass is 35.5. The average molecular weight is 405 g/mol. The Morgan fingerprint density at radius 3 is 2.71 bits per heavy atom. The Kier molecular flexibility index (Phi) is 8.10. The summed E-state index contributed by atoms with van der Waals surface area (Å²) in [6.45, 7) is 6.92. The second-order valence-corrected chi connectivity index (χ2v) is 7.97. The number of carbonyl (C=O) groups is 2. The molecule has 1 aromatic carbocycles. The molecule has 1 fully saturated rings. The van der Waals surface area contributed by atoms with E-state index in [1.165, 1.54) is 7.11 Å². The standard InChI is InChI=1S/C23H29ClO4/c1-5-7-17-10-16(3)20(21(24)11-17)12-19(25)14-23(22(26)27-4)9-8-18(13-23)15-28-6-2/h10-11,18H,6,8-9,12-15H2,1-4H3. The highest BCUT2D eigenvalue weighted by Gasteiger charge is 2.47. The van der Waals surface area contributed by atoms with Gasteiger partial charge in [0.1, 0.15) is 5.78 Å². The number of hydrogen-bond acceptors (Lipinski definition) is 4. The van der Waals surface area contributed by atoms with Gasteiger partial charge >= 0.3 is 5.97 Å². The monoisotopic (exact) mass is 404 g/mol. The van der Waals surface area contributed by atoms with Gasteiger partial charge in [-0.05, 0) is 69.2 Å². The molecule has 0 aliphatic heterocycles. The fraction of sp³-hybridized carbons (Fsp3) is 0.565. The summed E-state index contributed by atoms with van der Waals surface area (Å²) in [6.07, 6.45) is 2.53. The van der Waals surface area contributed by atoms with E-state index in [4.69, 9.17) is 21.1 Å². The molecular formula is C23H29ClO4. The van der Waals surface area contributed by atoms with Gasteiger partial charge in [-0.1, -0.05) is 17.5 Å². The Labute approximate surface area is 172 Å². The third-order valence-electron chi connectivity index (χ3n) is 5.48. The lowest BCUT2D eigenvalue weighted by Crippen LogP contribution is -2.33. The number of rotatable bonds is 8. The molecule has 0 saturated heterocycles. The number of benzene rings is 1. The van der Waals surface area contributed by atoms with Gasteiger partial charge in [0.2, 0.25) is 0 Å². The van der Waals surface area contributed by atoms with Crippen LogP contribution < -0.4 is 0 Å². The van der Waals surface area contributed by atoms with Gasteiger partial charge in [0, 0.05) is 36.6 Å². The van der Waals surface area contributed by atoms with Crippen molar-refractivity contribution < 1.29 is 19.1 Å². The van der Waals surface area contributed by atoms with Gasteiger partial charge in [0.15, 0.2) is 0 Å². The summed E-state index contributed by atoms with van der Waals surface area (Å²) < 4.78 is 10.6. The van der Waals surface area contributed by atoms with Gasteiger partial charge in [-0.25, -0.2) is 0 Å². The number of carbonyl (C=O) groups excluding carboxylic acids is 2. The first-order valence-corrected chi connectivity index (χ1v) is 10.1. The highest BCUT2D eigenvalue weighted by molar-refractivity contribution is 6.31. The third-order valence-corrected chi connectivity index (χ3v) is 5.82. The molecule has 2 atom stereocenters. The predicted octanol–water partition coefficient (Wildman–Crippen LogP) is 4.52. The Balaban J connectivity index is 2.15. The number of aryl methyl sites for hydroxylation is 1. The minimum Gasteiger partial charge on any atom is -0.469 e. The summed E-state index contributed by atoms with van der Waals surface area (Å²) in [5.74, 6) is 5.83. The van der Waals surface area contributed by atoms with Gasteiger partial charge in [0.25, 0.3) is 0 Å². The van der Waals surface area contributed by atoms with Crippen molar-refractivity contribution >= 4 is 23.4 Å². The molecule has 5 heteroatoms. The van der Waals surface area contributed by atoms with Crippen molar-refractivity contribution in [1.29, 1.82) is 0 Å². The fourth-order valence-electron chi connectivity index (χ4n) is 4.15. The van der Waals surface area contributed by atoms with E-state index in [2.05, 4.69) is 11.8 Å². The van der Waals surface area contributed by atoms with Gasteiger partial charge in [-0.15, -0.1) is 5.92 Å². The summed E-state index contributed by atoms with van der Waals surface area (Å²) in [4.78, 5) is 25.4. The normalized spacial score (nSPS) is 21.1. The Morgan fingerprint density at radius 1 is 1.36 bits per heavy atom. The summed E-state index contributed by atoms with van der Waals surface area (Å²) in [6, 6.07) is 3.73. The van der Waals surface area contributed by atoms with Crippen LogP contribution in [0, 0.1) is 30.1 Å². The molecule has 1 aromatic rings. The molecule has 0 heterocycles. The number of ether oxygens (including phenoxy) is 2. The Bertz CT molecular complexity index is 767. The molecule has 0 aromatic heterocycles. The van der Waals surface area contributed by atoms with Crippen molar-refractivity contribution in [2.24, 2.45) is 11.3 Å². The van der Waals surface area contributed by atoms with E-state index in [0.29, 0.717) is 31.1 Å². The number of halogens is 1. The quantitative estimate of drug-likeness (QED) is 0.472.